The minimum Gasteiger partial charge on any atom is -0.295 e. The molecule has 1 aliphatic rings. The molecule has 0 aliphatic carbocycles. The van der Waals surface area contributed by atoms with E-state index in [0.29, 0.717) is 11.4 Å². The molecule has 1 saturated heterocycles. The Balaban J connectivity index is 1.51. The first kappa shape index (κ1) is 14.3. The van der Waals surface area contributed by atoms with Crippen LogP contribution in [0.25, 0.3) is 10.9 Å². The Morgan fingerprint density at radius 3 is 2.78 bits per heavy atom. The van der Waals surface area contributed by atoms with Gasteiger partial charge in [-0.15, -0.1) is 0 Å². The summed E-state index contributed by atoms with van der Waals surface area (Å²) in [4.78, 5) is 6.71. The summed E-state index contributed by atoms with van der Waals surface area (Å²) in [5.41, 5.74) is 4.12. The molecular formula is C18H19FN4. The number of pyridine rings is 1. The molecule has 0 bridgehead atoms. The van der Waals surface area contributed by atoms with Crippen molar-refractivity contribution in [1.29, 1.82) is 0 Å². The smallest absolute Gasteiger partial charge is 0.132 e. The fraction of sp³-hybridized carbons (Fsp3) is 0.333. The van der Waals surface area contributed by atoms with E-state index in [1.165, 1.54) is 11.8 Å². The van der Waals surface area contributed by atoms with Crippen molar-refractivity contribution in [3.63, 3.8) is 0 Å². The highest BCUT2D eigenvalue weighted by molar-refractivity contribution is 5.82. The van der Waals surface area contributed by atoms with Crippen LogP contribution in [0, 0.1) is 19.7 Å². The molecule has 4 nitrogen and oxygen atoms in total. The van der Waals surface area contributed by atoms with E-state index in [0.717, 1.165) is 36.4 Å². The van der Waals surface area contributed by atoms with Gasteiger partial charge < -0.3 is 0 Å². The van der Waals surface area contributed by atoms with Crippen molar-refractivity contribution >= 4 is 10.9 Å². The molecule has 118 valence electrons. The third-order valence-electron chi connectivity index (χ3n) is 4.52. The summed E-state index contributed by atoms with van der Waals surface area (Å²) in [7, 11) is 0. The van der Waals surface area contributed by atoms with Gasteiger partial charge in [0.1, 0.15) is 5.82 Å². The number of likely N-dealkylation sites (tertiary alicyclic amines) is 1. The normalized spacial score (nSPS) is 16.0. The highest BCUT2D eigenvalue weighted by atomic mass is 19.1. The van der Waals surface area contributed by atoms with Crippen LogP contribution in [-0.4, -0.2) is 32.8 Å². The third-order valence-corrected chi connectivity index (χ3v) is 4.52. The molecule has 3 aromatic rings. The van der Waals surface area contributed by atoms with E-state index in [1.807, 2.05) is 13.0 Å². The summed E-state index contributed by atoms with van der Waals surface area (Å²) < 4.78 is 16.0. The Kier molecular flexibility index (Phi) is 3.38. The van der Waals surface area contributed by atoms with Crippen LogP contribution in [0.4, 0.5) is 4.39 Å². The summed E-state index contributed by atoms with van der Waals surface area (Å²) in [5.74, 6) is -0.207. The number of aromatic nitrogens is 3. The standard InChI is InChI=1S/C18H19FN4/c1-12-8-13(2)23(21-12)15-10-22(11-15)9-14-5-6-17(19)16-4-3-7-20-18(14)16/h3-8,15H,9-11H2,1-2H3. The molecule has 4 rings (SSSR count). The molecule has 2 aromatic heterocycles. The van der Waals surface area contributed by atoms with Crippen molar-refractivity contribution in [1.82, 2.24) is 19.7 Å². The molecule has 0 radical (unpaired) electrons. The summed E-state index contributed by atoms with van der Waals surface area (Å²) in [5, 5.41) is 5.16. The molecule has 5 heteroatoms. The van der Waals surface area contributed by atoms with Gasteiger partial charge in [0.15, 0.2) is 0 Å². The summed E-state index contributed by atoms with van der Waals surface area (Å²) >= 11 is 0. The fourth-order valence-electron chi connectivity index (χ4n) is 3.41. The number of fused-ring (bicyclic) bond motifs is 1. The Bertz CT molecular complexity index is 865. The second-order valence-electron chi connectivity index (χ2n) is 6.33. The second kappa shape index (κ2) is 5.42. The number of hydrogen-bond donors (Lipinski definition) is 0. The SMILES string of the molecule is Cc1cc(C)n(C2CN(Cc3ccc(F)c4cccnc34)C2)n1. The first-order valence-electron chi connectivity index (χ1n) is 7.89. The van der Waals surface area contributed by atoms with Crippen LogP contribution in [0.3, 0.4) is 0 Å². The average molecular weight is 310 g/mol. The molecular weight excluding hydrogens is 291 g/mol. The van der Waals surface area contributed by atoms with Gasteiger partial charge in [-0.3, -0.25) is 14.6 Å². The van der Waals surface area contributed by atoms with Crippen LogP contribution in [0.2, 0.25) is 0 Å². The number of rotatable bonds is 3. The van der Waals surface area contributed by atoms with Gasteiger partial charge in [0.25, 0.3) is 0 Å². The molecule has 0 amide bonds. The predicted octanol–water partition coefficient (Wildman–Crippen LogP) is 3.24. The van der Waals surface area contributed by atoms with Crippen LogP contribution in [0.5, 0.6) is 0 Å². The number of halogens is 1. The van der Waals surface area contributed by atoms with Gasteiger partial charge in [-0.05, 0) is 43.7 Å². The van der Waals surface area contributed by atoms with Crippen LogP contribution in [0.1, 0.15) is 23.0 Å². The Morgan fingerprint density at radius 2 is 2.04 bits per heavy atom. The van der Waals surface area contributed by atoms with Crippen molar-refractivity contribution in [3.05, 3.63) is 59.3 Å². The maximum atomic E-state index is 13.9. The van der Waals surface area contributed by atoms with Gasteiger partial charge in [-0.25, -0.2) is 4.39 Å². The lowest BCUT2D eigenvalue weighted by atomic mass is 10.0. The Hall–Kier alpha value is -2.27. The van der Waals surface area contributed by atoms with E-state index in [9.17, 15) is 4.39 Å². The Morgan fingerprint density at radius 1 is 1.22 bits per heavy atom. The molecule has 1 aliphatic heterocycles. The topological polar surface area (TPSA) is 34.0 Å². The zero-order chi connectivity index (χ0) is 16.0. The monoisotopic (exact) mass is 310 g/mol. The van der Waals surface area contributed by atoms with Crippen molar-refractivity contribution in [3.8, 4) is 0 Å². The molecule has 23 heavy (non-hydrogen) atoms. The van der Waals surface area contributed by atoms with Crippen LogP contribution >= 0.6 is 0 Å². The fourth-order valence-corrected chi connectivity index (χ4v) is 3.41. The third kappa shape index (κ3) is 2.51. The molecule has 1 aromatic carbocycles. The predicted molar refractivity (Wildman–Crippen MR) is 87.7 cm³/mol. The maximum absolute atomic E-state index is 13.9. The number of nitrogens with zero attached hydrogens (tertiary/aromatic N) is 4. The van der Waals surface area contributed by atoms with E-state index in [-0.39, 0.29) is 5.82 Å². The molecule has 0 N–H and O–H groups in total. The zero-order valence-electron chi connectivity index (χ0n) is 13.3. The van der Waals surface area contributed by atoms with E-state index < -0.39 is 0 Å². The lowest BCUT2D eigenvalue weighted by Gasteiger charge is -2.39. The first-order chi connectivity index (χ1) is 11.1. The average Bonchev–Trinajstić information content (AvgIpc) is 2.83. The van der Waals surface area contributed by atoms with Gasteiger partial charge in [0, 0.05) is 36.9 Å². The minimum absolute atomic E-state index is 0.207. The van der Waals surface area contributed by atoms with Gasteiger partial charge in [-0.1, -0.05) is 6.07 Å². The van der Waals surface area contributed by atoms with Crippen LogP contribution in [0.15, 0.2) is 36.5 Å². The van der Waals surface area contributed by atoms with Gasteiger partial charge in [0.2, 0.25) is 0 Å². The van der Waals surface area contributed by atoms with E-state index >= 15 is 0 Å². The first-order valence-corrected chi connectivity index (χ1v) is 7.89. The minimum atomic E-state index is -0.207. The largest absolute Gasteiger partial charge is 0.295 e. The zero-order valence-corrected chi connectivity index (χ0v) is 13.3. The molecule has 0 saturated carbocycles. The maximum Gasteiger partial charge on any atom is 0.132 e. The van der Waals surface area contributed by atoms with E-state index in [4.69, 9.17) is 0 Å². The van der Waals surface area contributed by atoms with Crippen molar-refractivity contribution in [2.45, 2.75) is 26.4 Å². The molecule has 3 heterocycles. The van der Waals surface area contributed by atoms with Gasteiger partial charge >= 0.3 is 0 Å². The summed E-state index contributed by atoms with van der Waals surface area (Å²) in [6.07, 6.45) is 1.72. The highest BCUT2D eigenvalue weighted by Gasteiger charge is 2.30. The quantitative estimate of drug-likeness (QED) is 0.745. The van der Waals surface area contributed by atoms with E-state index in [2.05, 4.69) is 32.7 Å². The highest BCUT2D eigenvalue weighted by Crippen LogP contribution is 2.27. The number of aryl methyl sites for hydroxylation is 2. The van der Waals surface area contributed by atoms with Crippen molar-refractivity contribution < 1.29 is 4.39 Å². The molecule has 0 spiro atoms. The van der Waals surface area contributed by atoms with Gasteiger partial charge in [0.05, 0.1) is 17.3 Å². The Labute approximate surface area is 134 Å². The van der Waals surface area contributed by atoms with Crippen LogP contribution < -0.4 is 0 Å². The number of benzene rings is 1. The molecule has 1 fully saturated rings. The molecule has 0 unspecified atom stereocenters. The van der Waals surface area contributed by atoms with Crippen LogP contribution in [-0.2, 0) is 6.54 Å². The lowest BCUT2D eigenvalue weighted by Crippen LogP contribution is -2.47. The van der Waals surface area contributed by atoms with Gasteiger partial charge in [-0.2, -0.15) is 5.10 Å². The van der Waals surface area contributed by atoms with Crippen molar-refractivity contribution in [2.75, 3.05) is 13.1 Å². The second-order valence-corrected chi connectivity index (χ2v) is 6.33. The van der Waals surface area contributed by atoms with E-state index in [1.54, 1.807) is 18.3 Å². The number of hydrogen-bond acceptors (Lipinski definition) is 3. The van der Waals surface area contributed by atoms with Crippen molar-refractivity contribution in [2.24, 2.45) is 0 Å². The lowest BCUT2D eigenvalue weighted by molar-refractivity contribution is 0.0897. The molecule has 0 atom stereocenters. The summed E-state index contributed by atoms with van der Waals surface area (Å²) in [6.45, 7) is 6.85. The summed E-state index contributed by atoms with van der Waals surface area (Å²) in [6, 6.07) is 9.50.